The number of piperidine rings is 1. The van der Waals surface area contributed by atoms with Crippen molar-refractivity contribution in [1.29, 1.82) is 0 Å². The number of aromatic nitrogens is 1. The molecule has 0 amide bonds. The Hall–Kier alpha value is -0.580. The number of hydrogen-bond acceptors (Lipinski definition) is 3. The first-order valence-corrected chi connectivity index (χ1v) is 7.33. The van der Waals surface area contributed by atoms with Gasteiger partial charge in [-0.25, -0.2) is 9.37 Å². The molecule has 0 spiro atoms. The van der Waals surface area contributed by atoms with Crippen LogP contribution in [-0.4, -0.2) is 37.3 Å². The molecule has 0 radical (unpaired) electrons. The second-order valence-electron chi connectivity index (χ2n) is 5.73. The van der Waals surface area contributed by atoms with Gasteiger partial charge in [-0.2, -0.15) is 0 Å². The van der Waals surface area contributed by atoms with Crippen LogP contribution in [0.3, 0.4) is 0 Å². The van der Waals surface area contributed by atoms with Crippen molar-refractivity contribution in [2.24, 2.45) is 0 Å². The highest BCUT2D eigenvalue weighted by Crippen LogP contribution is 2.26. The molecule has 120 valence electrons. The molecule has 3 rings (SSSR count). The van der Waals surface area contributed by atoms with Crippen LogP contribution in [-0.2, 0) is 6.42 Å². The Labute approximate surface area is 138 Å². The van der Waals surface area contributed by atoms with Crippen LogP contribution < -0.4 is 10.2 Å². The summed E-state index contributed by atoms with van der Waals surface area (Å²) in [6.45, 7) is 5.84. The van der Waals surface area contributed by atoms with Crippen molar-refractivity contribution < 1.29 is 4.39 Å². The molecule has 1 atom stereocenters. The Bertz CT molecular complexity index is 451. The number of halogens is 3. The first-order chi connectivity index (χ1) is 9.24. The summed E-state index contributed by atoms with van der Waals surface area (Å²) < 4.78 is 13.2. The second-order valence-corrected chi connectivity index (χ2v) is 5.73. The fourth-order valence-corrected chi connectivity index (χ4v) is 3.02. The van der Waals surface area contributed by atoms with Crippen LogP contribution in [0.5, 0.6) is 0 Å². The van der Waals surface area contributed by atoms with Crippen LogP contribution in [0.25, 0.3) is 0 Å². The first-order valence-electron chi connectivity index (χ1n) is 7.33. The van der Waals surface area contributed by atoms with Crippen LogP contribution in [0.4, 0.5) is 10.2 Å². The fourth-order valence-electron chi connectivity index (χ4n) is 3.02. The van der Waals surface area contributed by atoms with Gasteiger partial charge in [-0.1, -0.05) is 13.0 Å². The monoisotopic (exact) mass is 335 g/mol. The number of nitrogens with one attached hydrogen (secondary N) is 1. The predicted octanol–water partition coefficient (Wildman–Crippen LogP) is 3.11. The van der Waals surface area contributed by atoms with E-state index in [2.05, 4.69) is 29.3 Å². The van der Waals surface area contributed by atoms with E-state index in [1.54, 1.807) is 0 Å². The number of hydrogen-bond donors (Lipinski definition) is 1. The molecule has 2 aliphatic rings. The topological polar surface area (TPSA) is 28.2 Å². The Morgan fingerprint density at radius 2 is 1.95 bits per heavy atom. The highest BCUT2D eigenvalue weighted by molar-refractivity contribution is 5.85. The van der Waals surface area contributed by atoms with Crippen molar-refractivity contribution in [3.05, 3.63) is 23.4 Å². The summed E-state index contributed by atoms with van der Waals surface area (Å²) in [5.74, 6) is 1.48. The van der Waals surface area contributed by atoms with E-state index in [1.165, 1.54) is 11.3 Å². The van der Waals surface area contributed by atoms with E-state index < -0.39 is 6.17 Å². The lowest BCUT2D eigenvalue weighted by Crippen LogP contribution is -2.35. The van der Waals surface area contributed by atoms with E-state index >= 15 is 0 Å². The highest BCUT2D eigenvalue weighted by Gasteiger charge is 2.22. The molecular weight excluding hydrogens is 312 g/mol. The maximum Gasteiger partial charge on any atom is 0.128 e. The second kappa shape index (κ2) is 8.16. The van der Waals surface area contributed by atoms with Gasteiger partial charge >= 0.3 is 0 Å². The van der Waals surface area contributed by atoms with Gasteiger partial charge in [0.2, 0.25) is 0 Å². The van der Waals surface area contributed by atoms with Crippen molar-refractivity contribution in [3.8, 4) is 0 Å². The fraction of sp³-hybridized carbons (Fsp3) is 0.667. The van der Waals surface area contributed by atoms with Crippen molar-refractivity contribution >= 4 is 30.6 Å². The van der Waals surface area contributed by atoms with Gasteiger partial charge in [-0.3, -0.25) is 0 Å². The van der Waals surface area contributed by atoms with Gasteiger partial charge in [0, 0.05) is 25.6 Å². The number of alkyl halides is 1. The maximum absolute atomic E-state index is 13.2. The third kappa shape index (κ3) is 4.21. The molecule has 1 aromatic heterocycles. The Morgan fingerprint density at radius 1 is 1.24 bits per heavy atom. The van der Waals surface area contributed by atoms with Gasteiger partial charge in [-0.15, -0.1) is 24.8 Å². The molecule has 0 saturated carbocycles. The van der Waals surface area contributed by atoms with Crippen LogP contribution >= 0.6 is 24.8 Å². The molecule has 1 saturated heterocycles. The molecule has 3 nitrogen and oxygen atoms in total. The minimum absolute atomic E-state index is 0. The number of nitrogens with zero attached hydrogens (tertiary/aromatic N) is 2. The molecule has 21 heavy (non-hydrogen) atoms. The normalized spacial score (nSPS) is 22.6. The van der Waals surface area contributed by atoms with E-state index in [4.69, 9.17) is 4.98 Å². The average molecular weight is 336 g/mol. The Balaban J connectivity index is 0.00000110. The van der Waals surface area contributed by atoms with Crippen LogP contribution in [0.2, 0.25) is 0 Å². The lowest BCUT2D eigenvalue weighted by molar-refractivity contribution is 0.276. The van der Waals surface area contributed by atoms with Gasteiger partial charge in [0.1, 0.15) is 12.0 Å². The maximum atomic E-state index is 13.2. The molecule has 2 aliphatic heterocycles. The largest absolute Gasteiger partial charge is 0.356 e. The van der Waals surface area contributed by atoms with Gasteiger partial charge < -0.3 is 10.2 Å². The number of pyridine rings is 1. The van der Waals surface area contributed by atoms with Crippen molar-refractivity contribution in [2.75, 3.05) is 31.1 Å². The average Bonchev–Trinajstić information content (AvgIpc) is 2.62. The summed E-state index contributed by atoms with van der Waals surface area (Å²) in [7, 11) is 0. The lowest BCUT2D eigenvalue weighted by Gasteiger charge is -2.30. The predicted molar refractivity (Wildman–Crippen MR) is 90.1 cm³/mol. The van der Waals surface area contributed by atoms with Crippen LogP contribution in [0.1, 0.15) is 36.9 Å². The molecule has 0 aliphatic carbocycles. The van der Waals surface area contributed by atoms with Gasteiger partial charge in [-0.05, 0) is 37.4 Å². The molecule has 1 unspecified atom stereocenters. The van der Waals surface area contributed by atoms with Crippen molar-refractivity contribution in [2.45, 2.75) is 38.3 Å². The molecule has 3 heterocycles. The van der Waals surface area contributed by atoms with Gasteiger partial charge in [0.15, 0.2) is 0 Å². The van der Waals surface area contributed by atoms with E-state index in [0.717, 1.165) is 38.4 Å². The minimum atomic E-state index is -0.625. The molecule has 0 bridgehead atoms. The lowest BCUT2D eigenvalue weighted by atomic mass is 10.0. The zero-order valence-electron chi connectivity index (χ0n) is 12.3. The zero-order valence-corrected chi connectivity index (χ0v) is 14.0. The number of fused-ring (bicyclic) bond motifs is 1. The molecule has 0 aromatic carbocycles. The third-order valence-electron chi connectivity index (χ3n) is 4.23. The smallest absolute Gasteiger partial charge is 0.128 e. The summed E-state index contributed by atoms with van der Waals surface area (Å²) in [6, 6.07) is 4.32. The first kappa shape index (κ1) is 18.5. The quantitative estimate of drug-likeness (QED) is 0.854. The highest BCUT2D eigenvalue weighted by atomic mass is 35.5. The Morgan fingerprint density at radius 3 is 2.67 bits per heavy atom. The molecular formula is C15H24Cl2FN3. The van der Waals surface area contributed by atoms with Gasteiger partial charge in [0.25, 0.3) is 0 Å². The van der Waals surface area contributed by atoms with E-state index in [-0.39, 0.29) is 24.8 Å². The summed E-state index contributed by atoms with van der Waals surface area (Å²) >= 11 is 0. The van der Waals surface area contributed by atoms with E-state index in [9.17, 15) is 4.39 Å². The Kier molecular flexibility index (Phi) is 7.17. The van der Waals surface area contributed by atoms with Crippen molar-refractivity contribution in [3.63, 3.8) is 0 Å². The van der Waals surface area contributed by atoms with E-state index in [0.29, 0.717) is 18.8 Å². The van der Waals surface area contributed by atoms with Gasteiger partial charge in [0.05, 0.1) is 5.69 Å². The molecule has 1 aromatic rings. The number of anilines is 1. The summed E-state index contributed by atoms with van der Waals surface area (Å²) in [5, 5.41) is 3.45. The molecule has 1 fully saturated rings. The molecule has 1 N–H and O–H groups in total. The van der Waals surface area contributed by atoms with Crippen LogP contribution in [0.15, 0.2) is 12.1 Å². The zero-order chi connectivity index (χ0) is 13.2. The number of rotatable bonds is 1. The standard InChI is InChI=1S/C15H22FN3.2ClH/c1-11-10-17-7-4-12-2-3-14(18-15(11)12)19-8-5-13(16)6-9-19;;/h2-3,11,13,17H,4-10H2,1H3;2*1H. The minimum Gasteiger partial charge on any atom is -0.356 e. The van der Waals surface area contributed by atoms with E-state index in [1.807, 2.05) is 0 Å². The third-order valence-corrected chi connectivity index (χ3v) is 4.23. The summed E-state index contributed by atoms with van der Waals surface area (Å²) in [4.78, 5) is 7.09. The summed E-state index contributed by atoms with van der Waals surface area (Å²) in [6.07, 6.45) is 1.70. The van der Waals surface area contributed by atoms with Crippen molar-refractivity contribution in [1.82, 2.24) is 10.3 Å². The van der Waals surface area contributed by atoms with Crippen LogP contribution in [0, 0.1) is 0 Å². The molecule has 6 heteroatoms. The SMILES string of the molecule is CC1CNCCc2ccc(N3CCC(F)CC3)nc21.Cl.Cl. The summed E-state index contributed by atoms with van der Waals surface area (Å²) in [5.41, 5.74) is 2.59.